The predicted molar refractivity (Wildman–Crippen MR) is 162 cm³/mol. The molecular weight excluding hydrogens is 478 g/mol. The lowest BCUT2D eigenvalue weighted by molar-refractivity contribution is 0.206. The molecule has 39 heavy (non-hydrogen) atoms. The highest BCUT2D eigenvalue weighted by Gasteiger charge is 2.27. The zero-order chi connectivity index (χ0) is 26.3. The Morgan fingerprint density at radius 3 is 2.44 bits per heavy atom. The van der Waals surface area contributed by atoms with Gasteiger partial charge in [0.1, 0.15) is 5.65 Å². The van der Waals surface area contributed by atoms with Crippen LogP contribution in [0.5, 0.6) is 0 Å². The minimum absolute atomic E-state index is 0.467. The lowest BCUT2D eigenvalue weighted by Gasteiger charge is -2.32. The number of nitrogen functional groups attached to an aromatic ring is 1. The molecule has 5 aromatic rings. The summed E-state index contributed by atoms with van der Waals surface area (Å²) < 4.78 is 2.44. The molecule has 1 aliphatic heterocycles. The Morgan fingerprint density at radius 1 is 0.872 bits per heavy atom. The Bertz CT molecular complexity index is 1620. The molecule has 4 heterocycles. The summed E-state index contributed by atoms with van der Waals surface area (Å²) in [4.78, 5) is 12.7. The number of fused-ring (bicyclic) bond motifs is 2. The molecule has 1 saturated carbocycles. The van der Waals surface area contributed by atoms with Gasteiger partial charge in [-0.15, -0.1) is 0 Å². The molecule has 2 fully saturated rings. The fraction of sp³-hybridized carbons (Fsp3) is 0.353. The number of benzene rings is 2. The third kappa shape index (κ3) is 4.49. The number of nitrogens with zero attached hydrogens (tertiary/aromatic N) is 4. The van der Waals surface area contributed by atoms with Crippen molar-refractivity contribution in [2.75, 3.05) is 25.4 Å². The molecule has 5 nitrogen and oxygen atoms in total. The number of hydrogen-bond acceptors (Lipinski definition) is 4. The standard InChI is InChI=1S/C34H37N5/c1-23-28(15-11-26-12-16-31(37-33(23)26)25-7-3-2-4-8-25)29-22-39(34-32(29)30(35)17-18-36-34)27-13-9-24(10-14-27)21-38-19-5-6-20-38/h2-4,7-8,11-12,15-18,22,24,27H,5-6,9-10,13-14,19-21H2,1H3,(H2,35,36). The minimum atomic E-state index is 0.467. The van der Waals surface area contributed by atoms with E-state index in [2.05, 4.69) is 71.1 Å². The van der Waals surface area contributed by atoms with E-state index in [1.165, 1.54) is 74.8 Å². The molecule has 0 bridgehead atoms. The van der Waals surface area contributed by atoms with Crippen LogP contribution in [-0.2, 0) is 0 Å². The molecule has 0 radical (unpaired) electrons. The second-order valence-electron chi connectivity index (χ2n) is 11.6. The monoisotopic (exact) mass is 515 g/mol. The first kappa shape index (κ1) is 24.3. The molecule has 0 amide bonds. The lowest BCUT2D eigenvalue weighted by atomic mass is 9.85. The Morgan fingerprint density at radius 2 is 1.64 bits per heavy atom. The van der Waals surface area contributed by atoms with E-state index in [1.807, 2.05) is 18.3 Å². The molecule has 2 N–H and O–H groups in total. The Labute approximate surface area is 230 Å². The predicted octanol–water partition coefficient (Wildman–Crippen LogP) is 7.64. The van der Waals surface area contributed by atoms with Crippen molar-refractivity contribution >= 4 is 27.6 Å². The highest BCUT2D eigenvalue weighted by atomic mass is 15.1. The SMILES string of the molecule is Cc1c(-c2cn(C3CCC(CN4CCCC4)CC3)c3nccc(N)c23)ccc2ccc(-c3ccccc3)nc12. The number of hydrogen-bond donors (Lipinski definition) is 1. The normalized spacial score (nSPS) is 20.2. The van der Waals surface area contributed by atoms with E-state index in [0.29, 0.717) is 6.04 Å². The van der Waals surface area contributed by atoms with Gasteiger partial charge in [0.05, 0.1) is 11.2 Å². The average Bonchev–Trinajstić information content (AvgIpc) is 3.63. The van der Waals surface area contributed by atoms with Gasteiger partial charge in [-0.3, -0.25) is 0 Å². The third-order valence-corrected chi connectivity index (χ3v) is 9.14. The van der Waals surface area contributed by atoms with E-state index < -0.39 is 0 Å². The molecule has 1 aliphatic carbocycles. The summed E-state index contributed by atoms with van der Waals surface area (Å²) in [6.07, 6.45) is 11.9. The molecule has 2 aromatic carbocycles. The summed E-state index contributed by atoms with van der Waals surface area (Å²) in [5, 5.41) is 2.22. The first-order chi connectivity index (χ1) is 19.2. The van der Waals surface area contributed by atoms with Gasteiger partial charge in [-0.1, -0.05) is 48.5 Å². The van der Waals surface area contributed by atoms with Crippen molar-refractivity contribution < 1.29 is 0 Å². The molecule has 0 atom stereocenters. The zero-order valence-electron chi connectivity index (χ0n) is 22.8. The van der Waals surface area contributed by atoms with Crippen LogP contribution in [0, 0.1) is 12.8 Å². The molecule has 2 aliphatic rings. The van der Waals surface area contributed by atoms with E-state index in [9.17, 15) is 0 Å². The quantitative estimate of drug-likeness (QED) is 0.261. The summed E-state index contributed by atoms with van der Waals surface area (Å²) in [5.41, 5.74) is 15.2. The van der Waals surface area contributed by atoms with Gasteiger partial charge in [0.15, 0.2) is 0 Å². The van der Waals surface area contributed by atoms with Crippen LogP contribution < -0.4 is 5.73 Å². The van der Waals surface area contributed by atoms with Crippen LogP contribution in [0.15, 0.2) is 73.1 Å². The van der Waals surface area contributed by atoms with E-state index in [4.69, 9.17) is 15.7 Å². The van der Waals surface area contributed by atoms with Gasteiger partial charge < -0.3 is 15.2 Å². The smallest absolute Gasteiger partial charge is 0.142 e. The second kappa shape index (κ2) is 10.1. The maximum Gasteiger partial charge on any atom is 0.142 e. The second-order valence-corrected chi connectivity index (χ2v) is 11.6. The van der Waals surface area contributed by atoms with Gasteiger partial charge in [0.2, 0.25) is 0 Å². The summed E-state index contributed by atoms with van der Waals surface area (Å²) >= 11 is 0. The van der Waals surface area contributed by atoms with Gasteiger partial charge in [0, 0.05) is 52.6 Å². The molecule has 198 valence electrons. The number of nitrogens with two attached hydrogens (primary N) is 1. The van der Waals surface area contributed by atoms with Crippen molar-refractivity contribution in [1.29, 1.82) is 0 Å². The van der Waals surface area contributed by atoms with Gasteiger partial charge in [0.25, 0.3) is 0 Å². The van der Waals surface area contributed by atoms with Crippen LogP contribution in [0.1, 0.15) is 50.1 Å². The van der Waals surface area contributed by atoms with Gasteiger partial charge in [-0.2, -0.15) is 0 Å². The Balaban J connectivity index is 1.26. The number of pyridine rings is 2. The van der Waals surface area contributed by atoms with E-state index >= 15 is 0 Å². The highest BCUT2D eigenvalue weighted by molar-refractivity contribution is 6.04. The fourth-order valence-electron chi connectivity index (χ4n) is 7.01. The maximum atomic E-state index is 6.64. The summed E-state index contributed by atoms with van der Waals surface area (Å²) in [6, 6.07) is 21.5. The van der Waals surface area contributed by atoms with Crippen LogP contribution in [0.3, 0.4) is 0 Å². The number of likely N-dealkylation sites (tertiary alicyclic amines) is 1. The van der Waals surface area contributed by atoms with Crippen molar-refractivity contribution in [1.82, 2.24) is 19.4 Å². The van der Waals surface area contributed by atoms with E-state index in [1.54, 1.807) is 0 Å². The maximum absolute atomic E-state index is 6.64. The highest BCUT2D eigenvalue weighted by Crippen LogP contribution is 2.41. The van der Waals surface area contributed by atoms with Crippen LogP contribution in [0.25, 0.3) is 44.3 Å². The Kier molecular flexibility index (Phi) is 6.32. The van der Waals surface area contributed by atoms with Crippen LogP contribution >= 0.6 is 0 Å². The first-order valence-electron chi connectivity index (χ1n) is 14.6. The van der Waals surface area contributed by atoms with Crippen molar-refractivity contribution in [3.05, 3.63) is 78.6 Å². The Hall–Kier alpha value is -3.70. The number of anilines is 1. The molecule has 0 spiro atoms. The lowest BCUT2D eigenvalue weighted by Crippen LogP contribution is -2.29. The summed E-state index contributed by atoms with van der Waals surface area (Å²) in [6.45, 7) is 6.06. The first-order valence-corrected chi connectivity index (χ1v) is 14.6. The van der Waals surface area contributed by atoms with Crippen molar-refractivity contribution in [3.63, 3.8) is 0 Å². The van der Waals surface area contributed by atoms with Crippen molar-refractivity contribution in [2.45, 2.75) is 51.5 Å². The van der Waals surface area contributed by atoms with Crippen molar-refractivity contribution in [2.24, 2.45) is 5.92 Å². The summed E-state index contributed by atoms with van der Waals surface area (Å²) in [5.74, 6) is 0.825. The van der Waals surface area contributed by atoms with Crippen LogP contribution in [-0.4, -0.2) is 39.1 Å². The van der Waals surface area contributed by atoms with Gasteiger partial charge in [-0.05, 0) is 87.7 Å². The van der Waals surface area contributed by atoms with Crippen LogP contribution in [0.2, 0.25) is 0 Å². The third-order valence-electron chi connectivity index (χ3n) is 9.14. The molecule has 1 saturated heterocycles. The topological polar surface area (TPSA) is 60.0 Å². The number of aryl methyl sites for hydroxylation is 1. The minimum Gasteiger partial charge on any atom is -0.398 e. The number of aromatic nitrogens is 3. The van der Waals surface area contributed by atoms with E-state index in [-0.39, 0.29) is 0 Å². The van der Waals surface area contributed by atoms with Crippen molar-refractivity contribution in [3.8, 4) is 22.4 Å². The molecule has 3 aromatic heterocycles. The van der Waals surface area contributed by atoms with Crippen LogP contribution in [0.4, 0.5) is 5.69 Å². The van der Waals surface area contributed by atoms with E-state index in [0.717, 1.165) is 44.8 Å². The molecule has 7 rings (SSSR count). The molecule has 5 heteroatoms. The number of rotatable bonds is 5. The molecular formula is C34H37N5. The summed E-state index contributed by atoms with van der Waals surface area (Å²) in [7, 11) is 0. The largest absolute Gasteiger partial charge is 0.398 e. The van der Waals surface area contributed by atoms with Gasteiger partial charge >= 0.3 is 0 Å². The fourth-order valence-corrected chi connectivity index (χ4v) is 7.01. The average molecular weight is 516 g/mol. The molecule has 0 unspecified atom stereocenters. The van der Waals surface area contributed by atoms with Gasteiger partial charge in [-0.25, -0.2) is 9.97 Å². The zero-order valence-corrected chi connectivity index (χ0v) is 22.8.